The van der Waals surface area contributed by atoms with Crippen molar-refractivity contribution in [3.63, 3.8) is 0 Å². The van der Waals surface area contributed by atoms with Gasteiger partial charge in [-0.2, -0.15) is 4.98 Å². The van der Waals surface area contributed by atoms with Gasteiger partial charge in [0.05, 0.1) is 7.11 Å². The number of piperazine rings is 1. The molecule has 116 valence electrons. The molecular formula is C15H25N5O. The van der Waals surface area contributed by atoms with Crippen molar-refractivity contribution in [3.8, 4) is 5.88 Å². The van der Waals surface area contributed by atoms with E-state index in [9.17, 15) is 0 Å². The summed E-state index contributed by atoms with van der Waals surface area (Å²) in [5.74, 6) is 1.42. The molecular weight excluding hydrogens is 266 g/mol. The molecule has 0 aromatic carbocycles. The highest BCUT2D eigenvalue weighted by Gasteiger charge is 2.35. The third-order valence-electron chi connectivity index (χ3n) is 4.57. The Morgan fingerprint density at radius 2 is 1.90 bits per heavy atom. The van der Waals surface area contributed by atoms with Crippen LogP contribution in [0.15, 0.2) is 12.3 Å². The molecule has 0 aliphatic carbocycles. The third-order valence-corrected chi connectivity index (χ3v) is 4.57. The van der Waals surface area contributed by atoms with Crippen molar-refractivity contribution in [2.45, 2.75) is 25.9 Å². The summed E-state index contributed by atoms with van der Waals surface area (Å²) < 4.78 is 5.16. The van der Waals surface area contributed by atoms with E-state index in [1.807, 2.05) is 0 Å². The molecule has 0 atom stereocenters. The average Bonchev–Trinajstić information content (AvgIpc) is 2.46. The van der Waals surface area contributed by atoms with Gasteiger partial charge in [0.1, 0.15) is 0 Å². The van der Waals surface area contributed by atoms with E-state index in [-0.39, 0.29) is 0 Å². The molecule has 0 radical (unpaired) electrons. The summed E-state index contributed by atoms with van der Waals surface area (Å²) in [4.78, 5) is 16.1. The lowest BCUT2D eigenvalue weighted by atomic mass is 10.1. The van der Waals surface area contributed by atoms with Crippen molar-refractivity contribution < 1.29 is 4.74 Å². The van der Waals surface area contributed by atoms with Crippen molar-refractivity contribution >= 4 is 5.95 Å². The Balaban J connectivity index is 1.50. The molecule has 1 aromatic rings. The quantitative estimate of drug-likeness (QED) is 0.814. The fraction of sp³-hybridized carbons (Fsp3) is 0.733. The zero-order valence-electron chi connectivity index (χ0n) is 13.2. The summed E-state index contributed by atoms with van der Waals surface area (Å²) in [5, 5.41) is 0. The standard InChI is InChI=1S/C15H25N5O/c1-12(2)18-6-8-19(9-7-18)13-10-20(11-13)15-16-5-4-14(17-15)21-3/h4-5,12-13H,6-11H2,1-3H3. The Morgan fingerprint density at radius 1 is 1.19 bits per heavy atom. The highest BCUT2D eigenvalue weighted by molar-refractivity contribution is 5.36. The van der Waals surface area contributed by atoms with Crippen molar-refractivity contribution in [2.75, 3.05) is 51.3 Å². The zero-order valence-corrected chi connectivity index (χ0v) is 13.2. The summed E-state index contributed by atoms with van der Waals surface area (Å²) in [5.41, 5.74) is 0. The van der Waals surface area contributed by atoms with Crippen LogP contribution in [0, 0.1) is 0 Å². The van der Waals surface area contributed by atoms with Crippen molar-refractivity contribution in [2.24, 2.45) is 0 Å². The fourth-order valence-corrected chi connectivity index (χ4v) is 3.07. The average molecular weight is 291 g/mol. The number of aromatic nitrogens is 2. The summed E-state index contributed by atoms with van der Waals surface area (Å²) in [7, 11) is 1.64. The van der Waals surface area contributed by atoms with Crippen LogP contribution >= 0.6 is 0 Å². The molecule has 0 bridgehead atoms. The van der Waals surface area contributed by atoms with Crippen LogP contribution in [-0.2, 0) is 0 Å². The highest BCUT2D eigenvalue weighted by Crippen LogP contribution is 2.22. The van der Waals surface area contributed by atoms with Gasteiger partial charge in [-0.15, -0.1) is 0 Å². The van der Waals surface area contributed by atoms with Crippen LogP contribution in [0.4, 0.5) is 5.95 Å². The van der Waals surface area contributed by atoms with E-state index in [4.69, 9.17) is 4.74 Å². The summed E-state index contributed by atoms with van der Waals surface area (Å²) in [6.07, 6.45) is 1.76. The zero-order chi connectivity index (χ0) is 14.8. The first-order chi connectivity index (χ1) is 10.2. The van der Waals surface area contributed by atoms with Gasteiger partial charge in [0, 0.05) is 63.6 Å². The number of hydrogen-bond acceptors (Lipinski definition) is 6. The Kier molecular flexibility index (Phi) is 4.26. The normalized spacial score (nSPS) is 21.6. The van der Waals surface area contributed by atoms with Gasteiger partial charge < -0.3 is 9.64 Å². The molecule has 6 nitrogen and oxygen atoms in total. The fourth-order valence-electron chi connectivity index (χ4n) is 3.07. The molecule has 3 rings (SSSR count). The Labute approximate surface area is 126 Å². The SMILES string of the molecule is COc1ccnc(N2CC(N3CCN(C(C)C)CC3)C2)n1. The monoisotopic (exact) mass is 291 g/mol. The Bertz CT molecular complexity index is 467. The largest absolute Gasteiger partial charge is 0.481 e. The van der Waals surface area contributed by atoms with Crippen LogP contribution in [0.2, 0.25) is 0 Å². The van der Waals surface area contributed by atoms with Crippen molar-refractivity contribution in [1.82, 2.24) is 19.8 Å². The van der Waals surface area contributed by atoms with Gasteiger partial charge in [-0.05, 0) is 13.8 Å². The number of ether oxygens (including phenoxy) is 1. The minimum atomic E-state index is 0.633. The van der Waals surface area contributed by atoms with Gasteiger partial charge in [-0.3, -0.25) is 9.80 Å². The molecule has 0 unspecified atom stereocenters. The second-order valence-corrected chi connectivity index (χ2v) is 6.12. The minimum absolute atomic E-state index is 0.633. The van der Waals surface area contributed by atoms with Crippen molar-refractivity contribution in [1.29, 1.82) is 0 Å². The molecule has 0 saturated carbocycles. The first kappa shape index (κ1) is 14.5. The van der Waals surface area contributed by atoms with E-state index in [0.717, 1.165) is 19.0 Å². The van der Waals surface area contributed by atoms with E-state index < -0.39 is 0 Å². The minimum Gasteiger partial charge on any atom is -0.481 e. The number of methoxy groups -OCH3 is 1. The summed E-state index contributed by atoms with van der Waals surface area (Å²) in [6, 6.07) is 3.09. The molecule has 3 heterocycles. The molecule has 21 heavy (non-hydrogen) atoms. The van der Waals surface area contributed by atoms with E-state index in [1.54, 1.807) is 19.4 Å². The number of anilines is 1. The van der Waals surface area contributed by atoms with Gasteiger partial charge in [0.15, 0.2) is 0 Å². The Morgan fingerprint density at radius 3 is 2.52 bits per heavy atom. The number of rotatable bonds is 4. The van der Waals surface area contributed by atoms with E-state index in [2.05, 4.69) is 38.5 Å². The van der Waals surface area contributed by atoms with Crippen LogP contribution in [0.25, 0.3) is 0 Å². The topological polar surface area (TPSA) is 44.7 Å². The second kappa shape index (κ2) is 6.15. The molecule has 6 heteroatoms. The predicted molar refractivity (Wildman–Crippen MR) is 82.9 cm³/mol. The van der Waals surface area contributed by atoms with E-state index in [1.165, 1.54) is 26.2 Å². The lowest BCUT2D eigenvalue weighted by Crippen LogP contribution is -2.63. The van der Waals surface area contributed by atoms with Crippen LogP contribution in [0.1, 0.15) is 13.8 Å². The summed E-state index contributed by atoms with van der Waals surface area (Å²) >= 11 is 0. The highest BCUT2D eigenvalue weighted by atomic mass is 16.5. The molecule has 0 spiro atoms. The summed E-state index contributed by atoms with van der Waals surface area (Å²) in [6.45, 7) is 11.3. The van der Waals surface area contributed by atoms with Crippen LogP contribution in [0.3, 0.4) is 0 Å². The van der Waals surface area contributed by atoms with Gasteiger partial charge in [0.25, 0.3) is 0 Å². The molecule has 0 amide bonds. The number of hydrogen-bond donors (Lipinski definition) is 0. The molecule has 2 aliphatic rings. The maximum absolute atomic E-state index is 5.16. The van der Waals surface area contributed by atoms with Crippen LogP contribution in [0.5, 0.6) is 5.88 Å². The number of nitrogens with zero attached hydrogens (tertiary/aromatic N) is 5. The smallest absolute Gasteiger partial charge is 0.228 e. The lowest BCUT2D eigenvalue weighted by molar-refractivity contribution is 0.0674. The first-order valence-electron chi connectivity index (χ1n) is 7.77. The third kappa shape index (κ3) is 3.11. The van der Waals surface area contributed by atoms with Gasteiger partial charge in [-0.25, -0.2) is 4.98 Å². The van der Waals surface area contributed by atoms with E-state index >= 15 is 0 Å². The maximum Gasteiger partial charge on any atom is 0.228 e. The molecule has 1 aromatic heterocycles. The second-order valence-electron chi connectivity index (χ2n) is 6.12. The van der Waals surface area contributed by atoms with Gasteiger partial charge >= 0.3 is 0 Å². The molecule has 2 saturated heterocycles. The van der Waals surface area contributed by atoms with Gasteiger partial charge in [-0.1, -0.05) is 0 Å². The maximum atomic E-state index is 5.16. The first-order valence-corrected chi connectivity index (χ1v) is 7.77. The van der Waals surface area contributed by atoms with Crippen molar-refractivity contribution in [3.05, 3.63) is 12.3 Å². The predicted octanol–water partition coefficient (Wildman–Crippen LogP) is 0.700. The van der Waals surface area contributed by atoms with Crippen LogP contribution < -0.4 is 9.64 Å². The van der Waals surface area contributed by atoms with Crippen LogP contribution in [-0.4, -0.2) is 78.2 Å². The lowest BCUT2D eigenvalue weighted by Gasteiger charge is -2.48. The Hall–Kier alpha value is -1.40. The molecule has 2 fully saturated rings. The van der Waals surface area contributed by atoms with E-state index in [0.29, 0.717) is 18.0 Å². The molecule has 2 aliphatic heterocycles. The molecule has 0 N–H and O–H groups in total. The van der Waals surface area contributed by atoms with Gasteiger partial charge in [0.2, 0.25) is 11.8 Å².